The minimum absolute atomic E-state index is 0.00384. The number of carbonyl (C=O) groups is 2. The molecule has 0 bridgehead atoms. The molecule has 11 heteroatoms. The van der Waals surface area contributed by atoms with Crippen molar-refractivity contribution >= 4 is 52.5 Å². The van der Waals surface area contributed by atoms with Crippen molar-refractivity contribution < 1.29 is 14.0 Å². The summed E-state index contributed by atoms with van der Waals surface area (Å²) in [6.07, 6.45) is 0. The van der Waals surface area contributed by atoms with Gasteiger partial charge in [0, 0.05) is 17.3 Å². The number of thioether (sulfide) groups is 1. The highest BCUT2D eigenvalue weighted by molar-refractivity contribution is 7.99. The predicted molar refractivity (Wildman–Crippen MR) is 133 cm³/mol. The number of amides is 2. The van der Waals surface area contributed by atoms with Gasteiger partial charge in [0.1, 0.15) is 5.82 Å². The van der Waals surface area contributed by atoms with Gasteiger partial charge < -0.3 is 15.2 Å². The summed E-state index contributed by atoms with van der Waals surface area (Å²) in [5.74, 6) is -0.300. The maximum atomic E-state index is 13.0. The van der Waals surface area contributed by atoms with Crippen LogP contribution in [-0.4, -0.2) is 32.3 Å². The number of nitrogens with zero attached hydrogens (tertiary/aromatic N) is 3. The number of halogens is 3. The number of anilines is 1. The molecule has 1 heterocycles. The Morgan fingerprint density at radius 1 is 1.12 bits per heavy atom. The number of benzene rings is 2. The first-order valence-electron chi connectivity index (χ1n) is 10.6. The number of rotatable bonds is 9. The predicted octanol–water partition coefficient (Wildman–Crippen LogP) is 5.60. The van der Waals surface area contributed by atoms with Gasteiger partial charge in [0.05, 0.1) is 22.4 Å². The molecule has 2 N–H and O–H groups in total. The van der Waals surface area contributed by atoms with Gasteiger partial charge in [0.25, 0.3) is 5.91 Å². The van der Waals surface area contributed by atoms with Crippen molar-refractivity contribution in [2.45, 2.75) is 38.5 Å². The van der Waals surface area contributed by atoms with Crippen LogP contribution in [-0.2, 0) is 11.3 Å². The molecule has 0 saturated heterocycles. The van der Waals surface area contributed by atoms with E-state index in [1.54, 1.807) is 12.1 Å². The Morgan fingerprint density at radius 2 is 1.82 bits per heavy atom. The lowest BCUT2D eigenvalue weighted by Crippen LogP contribution is -2.34. The zero-order valence-electron chi connectivity index (χ0n) is 18.8. The van der Waals surface area contributed by atoms with Gasteiger partial charge in [-0.1, -0.05) is 48.8 Å². The van der Waals surface area contributed by atoms with Gasteiger partial charge in [0.2, 0.25) is 5.91 Å². The summed E-state index contributed by atoms with van der Waals surface area (Å²) in [6.45, 7) is 6.41. The van der Waals surface area contributed by atoms with E-state index in [0.717, 1.165) is 0 Å². The Bertz CT molecular complexity index is 1170. The van der Waals surface area contributed by atoms with Crippen LogP contribution in [0.4, 0.5) is 10.1 Å². The third-order valence-electron chi connectivity index (χ3n) is 4.93. The van der Waals surface area contributed by atoms with E-state index in [4.69, 9.17) is 23.2 Å². The van der Waals surface area contributed by atoms with Crippen LogP contribution >= 0.6 is 35.0 Å². The van der Waals surface area contributed by atoms with Gasteiger partial charge >= 0.3 is 0 Å². The number of aromatic nitrogens is 3. The minimum Gasteiger partial charge on any atom is -0.342 e. The Balaban J connectivity index is 1.72. The molecule has 180 valence electrons. The molecule has 0 saturated carbocycles. The van der Waals surface area contributed by atoms with Gasteiger partial charge in [-0.2, -0.15) is 0 Å². The van der Waals surface area contributed by atoms with Crippen molar-refractivity contribution in [3.63, 3.8) is 0 Å². The van der Waals surface area contributed by atoms with Crippen LogP contribution in [0.3, 0.4) is 0 Å². The van der Waals surface area contributed by atoms with Crippen molar-refractivity contribution in [1.82, 2.24) is 20.1 Å². The highest BCUT2D eigenvalue weighted by Crippen LogP contribution is 2.27. The lowest BCUT2D eigenvalue weighted by atomic mass is 10.0. The average molecular weight is 524 g/mol. The first-order chi connectivity index (χ1) is 16.2. The van der Waals surface area contributed by atoms with Crippen molar-refractivity contribution in [2.24, 2.45) is 5.92 Å². The fraction of sp³-hybridized carbons (Fsp3) is 0.304. The summed E-state index contributed by atoms with van der Waals surface area (Å²) in [5, 5.41) is 15.5. The molecule has 0 aliphatic heterocycles. The molecule has 0 spiro atoms. The van der Waals surface area contributed by atoms with Crippen LogP contribution in [0, 0.1) is 11.7 Å². The number of hydrogen-bond donors (Lipinski definition) is 2. The molecule has 34 heavy (non-hydrogen) atoms. The van der Waals surface area contributed by atoms with Crippen molar-refractivity contribution in [3.05, 3.63) is 69.7 Å². The molecule has 3 rings (SSSR count). The normalized spacial score (nSPS) is 12.0. The van der Waals surface area contributed by atoms with Gasteiger partial charge in [0.15, 0.2) is 11.0 Å². The molecule has 1 aromatic heterocycles. The maximum Gasteiger partial charge on any atom is 0.253 e. The minimum atomic E-state index is -0.436. The lowest BCUT2D eigenvalue weighted by molar-refractivity contribution is -0.113. The van der Waals surface area contributed by atoms with Crippen molar-refractivity contribution in [3.8, 4) is 0 Å². The Labute approximate surface area is 211 Å². The molecular formula is C23H24Cl2FN5O2S. The molecule has 1 atom stereocenters. The van der Waals surface area contributed by atoms with Crippen LogP contribution in [0.15, 0.2) is 47.6 Å². The van der Waals surface area contributed by atoms with Gasteiger partial charge in [-0.15, -0.1) is 10.2 Å². The number of hydrogen-bond acceptors (Lipinski definition) is 5. The summed E-state index contributed by atoms with van der Waals surface area (Å²) in [5.41, 5.74) is 0.819. The van der Waals surface area contributed by atoms with E-state index in [9.17, 15) is 14.0 Å². The van der Waals surface area contributed by atoms with Crippen molar-refractivity contribution in [2.75, 3.05) is 11.1 Å². The molecule has 2 amide bonds. The molecule has 3 aromatic rings. The zero-order valence-corrected chi connectivity index (χ0v) is 21.1. The fourth-order valence-corrected chi connectivity index (χ4v) is 4.52. The van der Waals surface area contributed by atoms with Gasteiger partial charge in [-0.25, -0.2) is 4.39 Å². The molecule has 0 aliphatic rings. The largest absolute Gasteiger partial charge is 0.342 e. The first kappa shape index (κ1) is 26.0. The topological polar surface area (TPSA) is 88.9 Å². The number of carbonyl (C=O) groups excluding carboxylic acids is 2. The second-order valence-corrected chi connectivity index (χ2v) is 9.53. The zero-order chi connectivity index (χ0) is 24.8. The van der Waals surface area contributed by atoms with Crippen LogP contribution in [0.1, 0.15) is 43.0 Å². The summed E-state index contributed by atoms with van der Waals surface area (Å²) in [7, 11) is 0. The third-order valence-corrected chi connectivity index (χ3v) is 6.44. The SMILES string of the molecule is CCn1c(SCC(=O)Nc2ccc(F)cc2)nnc1[C@H](NC(=O)c1ccc(Cl)cc1Cl)C(C)C. The molecule has 0 fully saturated rings. The quantitative estimate of drug-likeness (QED) is 0.356. The summed E-state index contributed by atoms with van der Waals surface area (Å²) < 4.78 is 14.9. The molecule has 0 unspecified atom stereocenters. The smallest absolute Gasteiger partial charge is 0.253 e. The first-order valence-corrected chi connectivity index (χ1v) is 12.3. The Hall–Kier alpha value is -2.62. The molecule has 7 nitrogen and oxygen atoms in total. The monoisotopic (exact) mass is 523 g/mol. The standard InChI is InChI=1S/C23H24Cl2FN5O2S/c1-4-31-21(20(13(2)3)28-22(33)17-10-5-14(24)11-18(17)25)29-30-23(31)34-12-19(32)27-16-8-6-15(26)7-9-16/h5-11,13,20H,4,12H2,1-3H3,(H,27,32)(H,28,33)/t20-/m1/s1. The Kier molecular flexibility index (Phi) is 8.93. The summed E-state index contributed by atoms with van der Waals surface area (Å²) >= 11 is 13.4. The van der Waals surface area contributed by atoms with Crippen LogP contribution < -0.4 is 10.6 Å². The second-order valence-electron chi connectivity index (χ2n) is 7.75. The van der Waals surface area contributed by atoms with E-state index >= 15 is 0 Å². The van der Waals surface area contributed by atoms with Crippen LogP contribution in [0.2, 0.25) is 10.0 Å². The third kappa shape index (κ3) is 6.49. The Morgan fingerprint density at radius 3 is 2.44 bits per heavy atom. The average Bonchev–Trinajstić information content (AvgIpc) is 3.19. The molecule has 2 aromatic carbocycles. The van der Waals surface area contributed by atoms with E-state index in [0.29, 0.717) is 33.8 Å². The highest BCUT2D eigenvalue weighted by Gasteiger charge is 2.27. The fourth-order valence-electron chi connectivity index (χ4n) is 3.22. The van der Waals surface area contributed by atoms with E-state index in [1.807, 2.05) is 25.3 Å². The highest BCUT2D eigenvalue weighted by atomic mass is 35.5. The van der Waals surface area contributed by atoms with E-state index in [2.05, 4.69) is 20.8 Å². The molecule has 0 radical (unpaired) electrons. The van der Waals surface area contributed by atoms with Crippen LogP contribution in [0.5, 0.6) is 0 Å². The van der Waals surface area contributed by atoms with Crippen LogP contribution in [0.25, 0.3) is 0 Å². The van der Waals surface area contributed by atoms with E-state index < -0.39 is 6.04 Å². The maximum absolute atomic E-state index is 13.0. The van der Waals surface area contributed by atoms with Crippen molar-refractivity contribution in [1.29, 1.82) is 0 Å². The second kappa shape index (κ2) is 11.7. The van der Waals surface area contributed by atoms with Gasteiger partial charge in [-0.3, -0.25) is 9.59 Å². The number of nitrogens with one attached hydrogen (secondary N) is 2. The van der Waals surface area contributed by atoms with E-state index in [1.165, 1.54) is 42.1 Å². The lowest BCUT2D eigenvalue weighted by Gasteiger charge is -2.22. The summed E-state index contributed by atoms with van der Waals surface area (Å²) in [6, 6.07) is 9.80. The summed E-state index contributed by atoms with van der Waals surface area (Å²) in [4.78, 5) is 25.2. The van der Waals surface area contributed by atoms with E-state index in [-0.39, 0.29) is 34.3 Å². The van der Waals surface area contributed by atoms with Gasteiger partial charge in [-0.05, 0) is 55.3 Å². The molecule has 0 aliphatic carbocycles. The molecular weight excluding hydrogens is 500 g/mol.